The summed E-state index contributed by atoms with van der Waals surface area (Å²) < 4.78 is 7.64. The van der Waals surface area contributed by atoms with Gasteiger partial charge in [0.25, 0.3) is 5.56 Å². The van der Waals surface area contributed by atoms with Crippen molar-refractivity contribution in [3.8, 4) is 11.7 Å². The van der Waals surface area contributed by atoms with Crippen molar-refractivity contribution in [1.82, 2.24) is 19.5 Å². The Bertz CT molecular complexity index is 1840. The lowest BCUT2D eigenvalue weighted by Gasteiger charge is -2.22. The van der Waals surface area contributed by atoms with Crippen molar-refractivity contribution in [2.24, 2.45) is 0 Å². The lowest BCUT2D eigenvalue weighted by Crippen LogP contribution is -2.26. The van der Waals surface area contributed by atoms with Gasteiger partial charge in [-0.2, -0.15) is 9.97 Å². The summed E-state index contributed by atoms with van der Waals surface area (Å²) in [7, 11) is 0. The van der Waals surface area contributed by atoms with Crippen LogP contribution in [0.3, 0.4) is 0 Å². The number of rotatable bonds is 7. The fourth-order valence-corrected chi connectivity index (χ4v) is 4.88. The van der Waals surface area contributed by atoms with Gasteiger partial charge in [0.05, 0.1) is 22.0 Å². The van der Waals surface area contributed by atoms with Crippen molar-refractivity contribution in [2.75, 3.05) is 5.32 Å². The summed E-state index contributed by atoms with van der Waals surface area (Å²) in [4.78, 5) is 27.5. The van der Waals surface area contributed by atoms with Crippen molar-refractivity contribution < 1.29 is 4.74 Å². The molecule has 0 unspecified atom stereocenters. The van der Waals surface area contributed by atoms with Crippen LogP contribution >= 0.6 is 11.6 Å². The number of pyridine rings is 2. The summed E-state index contributed by atoms with van der Waals surface area (Å²) in [5, 5.41) is 5.13. The zero-order chi connectivity index (χ0) is 26.8. The molecule has 8 heteroatoms. The van der Waals surface area contributed by atoms with E-state index in [0.29, 0.717) is 33.9 Å². The third-order valence-corrected chi connectivity index (χ3v) is 6.80. The van der Waals surface area contributed by atoms with E-state index >= 15 is 0 Å². The van der Waals surface area contributed by atoms with E-state index in [-0.39, 0.29) is 17.6 Å². The minimum absolute atomic E-state index is 0.189. The van der Waals surface area contributed by atoms with Gasteiger partial charge in [-0.25, -0.2) is 0 Å². The van der Waals surface area contributed by atoms with E-state index in [0.717, 1.165) is 22.3 Å². The first-order valence-corrected chi connectivity index (χ1v) is 12.9. The predicted octanol–water partition coefficient (Wildman–Crippen LogP) is 6.73. The van der Waals surface area contributed by atoms with Gasteiger partial charge in [-0.3, -0.25) is 14.3 Å². The summed E-state index contributed by atoms with van der Waals surface area (Å²) in [6.45, 7) is 2.31. The largest absolute Gasteiger partial charge is 0.459 e. The number of nitrogens with zero attached hydrogens (tertiary/aromatic N) is 4. The fraction of sp³-hybridized carbons (Fsp3) is 0.0968. The van der Waals surface area contributed by atoms with Crippen LogP contribution in [-0.2, 0) is 6.61 Å². The van der Waals surface area contributed by atoms with Gasteiger partial charge in [0.15, 0.2) is 5.82 Å². The van der Waals surface area contributed by atoms with Crippen LogP contribution in [0.25, 0.3) is 27.5 Å². The lowest BCUT2D eigenvalue weighted by molar-refractivity contribution is 0.282. The summed E-state index contributed by atoms with van der Waals surface area (Å²) in [6.07, 6.45) is 1.70. The van der Waals surface area contributed by atoms with Crippen molar-refractivity contribution in [2.45, 2.75) is 19.6 Å². The van der Waals surface area contributed by atoms with Gasteiger partial charge in [0.1, 0.15) is 12.1 Å². The molecular formula is C31H24ClN5O2. The van der Waals surface area contributed by atoms with Crippen molar-refractivity contribution in [1.29, 1.82) is 0 Å². The molecule has 3 aromatic heterocycles. The molecule has 6 rings (SSSR count). The molecule has 0 bridgehead atoms. The average Bonchev–Trinajstić information content (AvgIpc) is 2.97. The maximum absolute atomic E-state index is 13.8. The van der Waals surface area contributed by atoms with Gasteiger partial charge in [-0.1, -0.05) is 72.3 Å². The number of hydrogen-bond donors (Lipinski definition) is 1. The molecule has 0 amide bonds. The van der Waals surface area contributed by atoms with Gasteiger partial charge in [-0.05, 0) is 54.3 Å². The minimum atomic E-state index is -0.344. The molecule has 1 atom stereocenters. The first-order valence-electron chi connectivity index (χ1n) is 12.5. The van der Waals surface area contributed by atoms with E-state index in [1.807, 2.05) is 97.9 Å². The quantitative estimate of drug-likeness (QED) is 0.245. The molecule has 0 spiro atoms. The summed E-state index contributed by atoms with van der Waals surface area (Å²) in [5.74, 6) is 0.509. The highest BCUT2D eigenvalue weighted by Crippen LogP contribution is 2.29. The first-order chi connectivity index (χ1) is 19.1. The Morgan fingerprint density at radius 2 is 1.69 bits per heavy atom. The molecule has 0 saturated carbocycles. The zero-order valence-corrected chi connectivity index (χ0v) is 21.8. The Hall–Kier alpha value is -4.75. The van der Waals surface area contributed by atoms with Gasteiger partial charge in [-0.15, -0.1) is 0 Å². The molecule has 1 N–H and O–H groups in total. The van der Waals surface area contributed by atoms with Crippen LogP contribution in [0.4, 0.5) is 5.82 Å². The molecule has 3 heterocycles. The topological polar surface area (TPSA) is 81.9 Å². The van der Waals surface area contributed by atoms with Crippen LogP contribution in [0, 0.1) is 0 Å². The van der Waals surface area contributed by atoms with E-state index in [9.17, 15) is 4.79 Å². The molecular weight excluding hydrogens is 510 g/mol. The molecule has 192 valence electrons. The third kappa shape index (κ3) is 4.92. The van der Waals surface area contributed by atoms with Crippen molar-refractivity contribution in [3.05, 3.63) is 130 Å². The lowest BCUT2D eigenvalue weighted by atomic mass is 10.1. The van der Waals surface area contributed by atoms with Crippen LogP contribution < -0.4 is 15.6 Å². The SMILES string of the molecule is C[C@H](Nc1nc(OCc2ccccc2)nc2cccnc12)c1cc2cccc(Cl)c2c(=O)n1-c1ccccc1. The van der Waals surface area contributed by atoms with Crippen LogP contribution in [0.15, 0.2) is 108 Å². The van der Waals surface area contributed by atoms with Crippen LogP contribution in [0.1, 0.15) is 24.2 Å². The second kappa shape index (κ2) is 10.6. The number of ether oxygens (including phenoxy) is 1. The Labute approximate surface area is 229 Å². The number of nitrogens with one attached hydrogen (secondary N) is 1. The molecule has 0 aliphatic heterocycles. The number of aromatic nitrogens is 4. The Morgan fingerprint density at radius 3 is 2.49 bits per heavy atom. The smallest absolute Gasteiger partial charge is 0.319 e. The Balaban J connectivity index is 1.43. The second-order valence-corrected chi connectivity index (χ2v) is 9.52. The number of hydrogen-bond acceptors (Lipinski definition) is 6. The number of halogens is 1. The monoisotopic (exact) mass is 533 g/mol. The summed E-state index contributed by atoms with van der Waals surface area (Å²) in [5.41, 5.74) is 3.56. The molecule has 6 aromatic rings. The molecule has 7 nitrogen and oxygen atoms in total. The molecule has 3 aromatic carbocycles. The third-order valence-electron chi connectivity index (χ3n) is 6.48. The Morgan fingerprint density at radius 1 is 0.923 bits per heavy atom. The summed E-state index contributed by atoms with van der Waals surface area (Å²) in [6, 6.07) is 30.4. The number of fused-ring (bicyclic) bond motifs is 2. The summed E-state index contributed by atoms with van der Waals surface area (Å²) >= 11 is 6.47. The fourth-order valence-electron chi connectivity index (χ4n) is 4.61. The number of benzene rings is 3. The number of anilines is 1. The standard InChI is InChI=1S/C31H24ClN5O2/c1-20(26-18-22-12-8-15-24(32)27(22)30(38)37(26)23-13-6-3-7-14-23)34-29-28-25(16-9-17-33-28)35-31(36-29)39-19-21-10-4-2-5-11-21/h2-18,20H,19H2,1H3,(H,34,35,36)/t20-/m0/s1. The normalized spacial score (nSPS) is 11.9. The predicted molar refractivity (Wildman–Crippen MR) is 155 cm³/mol. The first kappa shape index (κ1) is 24.6. The van der Waals surface area contributed by atoms with E-state index in [1.54, 1.807) is 16.8 Å². The van der Waals surface area contributed by atoms with Crippen LogP contribution in [-0.4, -0.2) is 19.5 Å². The molecule has 0 aliphatic carbocycles. The van der Waals surface area contributed by atoms with E-state index in [4.69, 9.17) is 16.3 Å². The highest BCUT2D eigenvalue weighted by molar-refractivity contribution is 6.35. The van der Waals surface area contributed by atoms with Crippen LogP contribution in [0.5, 0.6) is 6.01 Å². The van der Waals surface area contributed by atoms with E-state index in [1.165, 1.54) is 0 Å². The minimum Gasteiger partial charge on any atom is -0.459 e. The van der Waals surface area contributed by atoms with E-state index < -0.39 is 0 Å². The van der Waals surface area contributed by atoms with Crippen molar-refractivity contribution >= 4 is 39.2 Å². The molecule has 0 saturated heterocycles. The van der Waals surface area contributed by atoms with Gasteiger partial charge in [0, 0.05) is 17.6 Å². The molecule has 39 heavy (non-hydrogen) atoms. The second-order valence-electron chi connectivity index (χ2n) is 9.12. The van der Waals surface area contributed by atoms with Crippen molar-refractivity contribution in [3.63, 3.8) is 0 Å². The highest BCUT2D eigenvalue weighted by Gasteiger charge is 2.20. The molecule has 0 fully saturated rings. The maximum Gasteiger partial charge on any atom is 0.319 e. The molecule has 0 aliphatic rings. The van der Waals surface area contributed by atoms with E-state index in [2.05, 4.69) is 20.3 Å². The zero-order valence-electron chi connectivity index (χ0n) is 21.1. The highest BCUT2D eigenvalue weighted by atomic mass is 35.5. The number of para-hydroxylation sites is 1. The van der Waals surface area contributed by atoms with Gasteiger partial charge in [0.2, 0.25) is 0 Å². The average molecular weight is 534 g/mol. The maximum atomic E-state index is 13.8. The molecule has 0 radical (unpaired) electrons. The Kier molecular flexibility index (Phi) is 6.65. The van der Waals surface area contributed by atoms with Crippen LogP contribution in [0.2, 0.25) is 5.02 Å². The van der Waals surface area contributed by atoms with Gasteiger partial charge < -0.3 is 10.1 Å². The van der Waals surface area contributed by atoms with Gasteiger partial charge >= 0.3 is 6.01 Å².